The number of hydrogen-bond acceptors (Lipinski definition) is 5. The lowest BCUT2D eigenvalue weighted by Gasteiger charge is -2.26. The van der Waals surface area contributed by atoms with Crippen molar-refractivity contribution in [1.29, 1.82) is 5.26 Å². The van der Waals surface area contributed by atoms with Crippen molar-refractivity contribution >= 4 is 39.3 Å². The number of carbonyl (C=O) groups excluding carboxylic acids is 1. The number of nitrogens with zero attached hydrogens (tertiary/aromatic N) is 4. The number of amides is 1. The fraction of sp³-hybridized carbons (Fsp3) is 0.190. The molecule has 1 aliphatic heterocycles. The van der Waals surface area contributed by atoms with E-state index in [9.17, 15) is 17.8 Å². The Morgan fingerprint density at radius 1 is 1.23 bits per heavy atom. The molecule has 1 N–H and O–H groups in total. The van der Waals surface area contributed by atoms with Crippen LogP contribution in [0.3, 0.4) is 0 Å². The number of aromatic nitrogens is 2. The third-order valence-corrected chi connectivity index (χ3v) is 6.28. The van der Waals surface area contributed by atoms with Gasteiger partial charge in [0.05, 0.1) is 23.5 Å². The van der Waals surface area contributed by atoms with Crippen LogP contribution in [0.5, 0.6) is 0 Å². The van der Waals surface area contributed by atoms with Crippen LogP contribution in [-0.4, -0.2) is 28.4 Å². The van der Waals surface area contributed by atoms with Gasteiger partial charge in [0.25, 0.3) is 5.91 Å². The van der Waals surface area contributed by atoms with Gasteiger partial charge in [-0.1, -0.05) is 23.7 Å². The molecule has 4 rings (SSSR count). The van der Waals surface area contributed by atoms with Crippen molar-refractivity contribution < 1.29 is 17.8 Å². The number of halogens is 1. The van der Waals surface area contributed by atoms with Crippen molar-refractivity contribution in [3.8, 4) is 6.07 Å². The first-order valence-corrected chi connectivity index (χ1v) is 11.0. The number of nitriles is 1. The molecule has 31 heavy (non-hydrogen) atoms. The highest BCUT2D eigenvalue weighted by Gasteiger charge is 2.51. The molecule has 0 aliphatic carbocycles. The molecule has 0 saturated heterocycles. The first-order valence-electron chi connectivity index (χ1n) is 9.21. The SMILES string of the molecule is Cc1cc(Cl)cc(N2C(=O)[C@@](C)(Cc3ccc(C#N)cc3)n3c(S(=O)(=O)O)cnc32)c1. The van der Waals surface area contributed by atoms with Crippen LogP contribution in [0.1, 0.15) is 23.6 Å². The van der Waals surface area contributed by atoms with Crippen LogP contribution in [0.25, 0.3) is 0 Å². The minimum absolute atomic E-state index is 0.0652. The van der Waals surface area contributed by atoms with Gasteiger partial charge in [-0.2, -0.15) is 13.7 Å². The molecule has 0 radical (unpaired) electrons. The Hall–Kier alpha value is -3.19. The Balaban J connectivity index is 1.91. The van der Waals surface area contributed by atoms with Gasteiger partial charge >= 0.3 is 10.1 Å². The molecule has 0 saturated carbocycles. The molecule has 2 aromatic carbocycles. The summed E-state index contributed by atoms with van der Waals surface area (Å²) in [6.07, 6.45) is 1.14. The van der Waals surface area contributed by atoms with Gasteiger partial charge in [0, 0.05) is 11.4 Å². The van der Waals surface area contributed by atoms with Gasteiger partial charge in [-0.15, -0.1) is 0 Å². The Kier molecular flexibility index (Phi) is 4.89. The van der Waals surface area contributed by atoms with E-state index in [4.69, 9.17) is 16.9 Å². The van der Waals surface area contributed by atoms with E-state index in [-0.39, 0.29) is 12.4 Å². The fourth-order valence-corrected chi connectivity index (χ4v) is 4.87. The third kappa shape index (κ3) is 3.49. The van der Waals surface area contributed by atoms with Crippen LogP contribution in [0, 0.1) is 18.3 Å². The largest absolute Gasteiger partial charge is 0.312 e. The molecule has 0 spiro atoms. The average Bonchev–Trinajstić information content (AvgIpc) is 3.21. The maximum absolute atomic E-state index is 13.7. The monoisotopic (exact) mass is 456 g/mol. The maximum Gasteiger partial charge on any atom is 0.312 e. The lowest BCUT2D eigenvalue weighted by Crippen LogP contribution is -2.42. The van der Waals surface area contributed by atoms with Crippen molar-refractivity contribution in [2.45, 2.75) is 30.8 Å². The first kappa shape index (κ1) is 21.1. The van der Waals surface area contributed by atoms with Crippen LogP contribution < -0.4 is 4.90 Å². The number of rotatable bonds is 4. The van der Waals surface area contributed by atoms with Crippen molar-refractivity contribution in [3.63, 3.8) is 0 Å². The first-order chi connectivity index (χ1) is 14.5. The zero-order valence-corrected chi connectivity index (χ0v) is 18.1. The second-order valence-electron chi connectivity index (χ2n) is 7.59. The standard InChI is InChI=1S/C21H17ClN4O4S/c1-13-7-16(22)9-17(8-13)25-19(27)21(2,10-14-3-5-15(11-23)6-4-14)26-18(31(28,29)30)12-24-20(25)26/h3-9,12H,10H2,1-2H3,(H,28,29,30)/t21-/m1/s1. The summed E-state index contributed by atoms with van der Waals surface area (Å²) in [7, 11) is -4.65. The van der Waals surface area contributed by atoms with E-state index in [2.05, 4.69) is 4.98 Å². The molecule has 8 nitrogen and oxygen atoms in total. The highest BCUT2D eigenvalue weighted by atomic mass is 35.5. The van der Waals surface area contributed by atoms with Crippen LogP contribution in [0.4, 0.5) is 11.6 Å². The highest BCUT2D eigenvalue weighted by Crippen LogP contribution is 2.43. The minimum Gasteiger partial charge on any atom is -0.283 e. The zero-order valence-electron chi connectivity index (χ0n) is 16.6. The van der Waals surface area contributed by atoms with E-state index in [1.54, 1.807) is 49.4 Å². The van der Waals surface area contributed by atoms with Gasteiger partial charge in [0.1, 0.15) is 5.54 Å². The Labute approximate surface area is 184 Å². The summed E-state index contributed by atoms with van der Waals surface area (Å²) in [5.74, 6) is -0.359. The van der Waals surface area contributed by atoms with Crippen LogP contribution in [-0.2, 0) is 26.9 Å². The fourth-order valence-electron chi connectivity index (χ4n) is 3.89. The lowest BCUT2D eigenvalue weighted by atomic mass is 9.91. The van der Waals surface area contributed by atoms with Crippen molar-refractivity contribution in [3.05, 3.63) is 70.4 Å². The number of fused-ring (bicyclic) bond motifs is 1. The number of imidazole rings is 1. The normalized spacial score (nSPS) is 18.2. The van der Waals surface area contributed by atoms with Gasteiger partial charge in [0.15, 0.2) is 5.03 Å². The van der Waals surface area contributed by atoms with E-state index in [1.165, 1.54) is 9.47 Å². The highest BCUT2D eigenvalue weighted by molar-refractivity contribution is 7.85. The molecule has 1 amide bonds. The molecule has 0 unspecified atom stereocenters. The number of benzene rings is 2. The van der Waals surface area contributed by atoms with Crippen molar-refractivity contribution in [2.24, 2.45) is 0 Å². The van der Waals surface area contributed by atoms with E-state index in [0.717, 1.165) is 11.8 Å². The summed E-state index contributed by atoms with van der Waals surface area (Å²) >= 11 is 6.18. The second-order valence-corrected chi connectivity index (χ2v) is 9.40. The summed E-state index contributed by atoms with van der Waals surface area (Å²) in [4.78, 5) is 19.1. The smallest absolute Gasteiger partial charge is 0.283 e. The third-order valence-electron chi connectivity index (χ3n) is 5.25. The molecular weight excluding hydrogens is 440 g/mol. The minimum atomic E-state index is -4.65. The van der Waals surface area contributed by atoms with Crippen molar-refractivity contribution in [1.82, 2.24) is 9.55 Å². The molecule has 1 atom stereocenters. The molecular formula is C21H17ClN4O4S. The Morgan fingerprint density at radius 2 is 1.90 bits per heavy atom. The van der Waals surface area contributed by atoms with Crippen molar-refractivity contribution in [2.75, 3.05) is 4.90 Å². The number of carbonyl (C=O) groups is 1. The van der Waals surface area contributed by atoms with Crippen LogP contribution >= 0.6 is 11.6 Å². The van der Waals surface area contributed by atoms with E-state index >= 15 is 0 Å². The summed E-state index contributed by atoms with van der Waals surface area (Å²) in [6.45, 7) is 3.41. The predicted molar refractivity (Wildman–Crippen MR) is 114 cm³/mol. The molecule has 1 aromatic heterocycles. The van der Waals surface area contributed by atoms with Gasteiger partial charge < -0.3 is 0 Å². The number of hydrogen-bond donors (Lipinski definition) is 1. The summed E-state index contributed by atoms with van der Waals surface area (Å²) < 4.78 is 35.1. The quantitative estimate of drug-likeness (QED) is 0.599. The molecule has 10 heteroatoms. The predicted octanol–water partition coefficient (Wildman–Crippen LogP) is 3.60. The molecule has 158 valence electrons. The Bertz CT molecular complexity index is 1340. The van der Waals surface area contributed by atoms with Crippen LogP contribution in [0.2, 0.25) is 5.02 Å². The van der Waals surface area contributed by atoms with Crippen LogP contribution in [0.15, 0.2) is 53.7 Å². The van der Waals surface area contributed by atoms with Gasteiger partial charge in [-0.05, 0) is 55.3 Å². The van der Waals surface area contributed by atoms with Gasteiger partial charge in [-0.25, -0.2) is 9.88 Å². The molecule has 3 aromatic rings. The Morgan fingerprint density at radius 3 is 2.48 bits per heavy atom. The topological polar surface area (TPSA) is 116 Å². The second kappa shape index (κ2) is 7.20. The summed E-state index contributed by atoms with van der Waals surface area (Å²) in [6, 6.07) is 13.7. The average molecular weight is 457 g/mol. The molecule has 0 fully saturated rings. The molecule has 2 heterocycles. The molecule has 0 bridgehead atoms. The molecule has 1 aliphatic rings. The van der Waals surface area contributed by atoms with Gasteiger partial charge in [0.2, 0.25) is 5.95 Å². The lowest BCUT2D eigenvalue weighted by molar-refractivity contribution is -0.124. The maximum atomic E-state index is 13.7. The van der Waals surface area contributed by atoms with E-state index in [1.807, 2.05) is 13.0 Å². The van der Waals surface area contributed by atoms with Gasteiger partial charge in [-0.3, -0.25) is 13.9 Å². The zero-order chi connectivity index (χ0) is 22.6. The van der Waals surface area contributed by atoms with E-state index in [0.29, 0.717) is 21.8 Å². The summed E-state index contributed by atoms with van der Waals surface area (Å²) in [5.41, 5.74) is 1.02. The summed E-state index contributed by atoms with van der Waals surface area (Å²) in [5, 5.41) is 8.95. The van der Waals surface area contributed by atoms with E-state index < -0.39 is 26.6 Å². The number of aryl methyl sites for hydroxylation is 1. The number of anilines is 2.